The molecule has 0 bridgehead atoms. The Morgan fingerprint density at radius 2 is 0.933 bits per heavy atom. The molecule has 1 radical (unpaired) electrons. The Hall–Kier alpha value is 3.23. The molecule has 0 aromatic carbocycles. The first kappa shape index (κ1) is 42.9. The van der Waals surface area contributed by atoms with E-state index in [1.807, 2.05) is 0 Å². The smallest absolute Gasteiger partial charge is 0 e. The van der Waals surface area contributed by atoms with Crippen LogP contribution in [0.2, 0.25) is 0 Å². The first-order chi connectivity index (χ1) is 4.00. The minimum atomic E-state index is -5.12. The zero-order valence-electron chi connectivity index (χ0n) is 5.44. The molecule has 0 rings (SSSR count). The molecular weight excluding hydrogens is 437 g/mol. The van der Waals surface area contributed by atoms with Crippen LogP contribution in [0.4, 0.5) is 0 Å². The van der Waals surface area contributed by atoms with Gasteiger partial charge in [0.2, 0.25) is 0 Å². The third-order valence-electron chi connectivity index (χ3n) is 0. The fourth-order valence-corrected chi connectivity index (χ4v) is 0. The van der Waals surface area contributed by atoms with E-state index in [9.17, 15) is 0 Å². The largest absolute Gasteiger partial charge is 0 e. The van der Waals surface area contributed by atoms with Crippen molar-refractivity contribution in [2.75, 3.05) is 0 Å². The van der Waals surface area contributed by atoms with Gasteiger partial charge in [-0.1, -0.05) is 0 Å². The molecule has 15 heteroatoms. The maximum Gasteiger partial charge on any atom is 0 e. The van der Waals surface area contributed by atoms with E-state index in [2.05, 4.69) is 0 Å². The molecule has 0 heterocycles. The summed E-state index contributed by atoms with van der Waals surface area (Å²) < 4.78 is 40.7. The molecule has 0 fully saturated rings. The van der Waals surface area contributed by atoms with Crippen LogP contribution in [0.25, 0.3) is 0 Å². The van der Waals surface area contributed by atoms with Crippen LogP contribution in [0.5, 0.6) is 0 Å². The van der Waals surface area contributed by atoms with Crippen LogP contribution < -0.4 is 0 Å². The molecule has 0 aliphatic rings. The summed E-state index contributed by atoms with van der Waals surface area (Å²) in [6, 6.07) is 0. The van der Waals surface area contributed by atoms with Crippen molar-refractivity contribution in [2.45, 2.75) is 0 Å². The second-order valence-corrected chi connectivity index (χ2v) is 3.25. The van der Waals surface area contributed by atoms with E-state index in [0.29, 0.717) is 0 Å². The van der Waals surface area contributed by atoms with Crippen LogP contribution in [0, 0.1) is 0 Å². The normalized spacial score (nSPS) is 7.80. The fourth-order valence-electron chi connectivity index (χ4n) is 0. The maximum atomic E-state index is 8.88. The Balaban J connectivity index is -0.0000000128. The zero-order chi connectivity index (χ0) is 9.00. The summed E-state index contributed by atoms with van der Waals surface area (Å²) in [5, 5.41) is 0. The van der Waals surface area contributed by atoms with Crippen molar-refractivity contribution < 1.29 is 108 Å². The van der Waals surface area contributed by atoms with Gasteiger partial charge in [0.25, 0.3) is 0 Å². The van der Waals surface area contributed by atoms with E-state index < -0.39 is 21.2 Å². The third kappa shape index (κ3) is 383. The zero-order valence-corrected chi connectivity index (χ0v) is 12.0. The van der Waals surface area contributed by atoms with E-state index >= 15 is 0 Å². The standard InChI is InChI=1S/Co.2Li.Mn.Ni.H3O4P.2H2O.2O.Zr.2H/c;;;;;1-5(2,3)4;;;;;;;/h;;;;;(H3,1,2,3,4);2*1H2;;;;;/q;;;+2;;;;;;;;;/p-2. The van der Waals surface area contributed by atoms with Crippen LogP contribution in [-0.2, 0) is 85.1 Å². The van der Waals surface area contributed by atoms with Gasteiger partial charge in [0.1, 0.15) is 0 Å². The third-order valence-corrected chi connectivity index (χ3v) is 0. The summed E-state index contributed by atoms with van der Waals surface area (Å²) in [5.41, 5.74) is 0. The molecule has 5 N–H and O–H groups in total. The molecule has 0 unspecified atom stereocenters. The van der Waals surface area contributed by atoms with Crippen molar-refractivity contribution in [3.63, 3.8) is 0 Å². The van der Waals surface area contributed by atoms with Gasteiger partial charge < -0.3 is 14.7 Å². The molecule has 0 amide bonds. The van der Waals surface area contributed by atoms with Crippen molar-refractivity contribution in [1.29, 1.82) is 0 Å². The van der Waals surface area contributed by atoms with E-state index in [0.717, 1.165) is 0 Å². The Morgan fingerprint density at radius 1 is 0.933 bits per heavy atom. The first-order valence-corrected chi connectivity index (χ1v) is 5.01. The van der Waals surface area contributed by atoms with Crippen LogP contribution >= 0.6 is 7.82 Å². The van der Waals surface area contributed by atoms with E-state index in [-0.39, 0.29) is 97.2 Å². The van der Waals surface area contributed by atoms with E-state index in [4.69, 9.17) is 35.3 Å². The summed E-state index contributed by atoms with van der Waals surface area (Å²) in [6.45, 7) is 0. The van der Waals surface area contributed by atoms with Gasteiger partial charge in [0, 0.05) is 59.5 Å². The Labute approximate surface area is 151 Å². The van der Waals surface area contributed by atoms with Gasteiger partial charge in [-0.3, -0.25) is 0 Å². The average molecular weight is 444 g/mol. The van der Waals surface area contributed by atoms with Crippen molar-refractivity contribution in [3.8, 4) is 0 Å². The summed E-state index contributed by atoms with van der Waals surface area (Å²) in [5.74, 6) is 0. The van der Waals surface area contributed by atoms with Crippen LogP contribution in [0.15, 0.2) is 0 Å². The molecule has 0 saturated heterocycles. The summed E-state index contributed by atoms with van der Waals surface area (Å²) in [4.78, 5) is 21.6. The predicted octanol–water partition coefficient (Wildman–Crippen LogP) is -3.59. The average Bonchev–Trinajstić information content (AvgIpc) is 1.12. The molecule has 92 valence electrons. The van der Waals surface area contributed by atoms with Gasteiger partial charge in [0.05, 0.1) is 0 Å². The van der Waals surface area contributed by atoms with Gasteiger partial charge in [-0.15, -0.1) is 0 Å². The van der Waals surface area contributed by atoms with Gasteiger partial charge >= 0.3 is 75.0 Å². The molecule has 0 aliphatic heterocycles. The number of rotatable bonds is 0. The van der Waals surface area contributed by atoms with Gasteiger partial charge in [-0.05, 0) is 0 Å². The minimum Gasteiger partial charge on any atom is 0 e. The number of hydrogen-bond donors (Lipinski definition) is 5. The molecule has 0 aliphatic carbocycles. The monoisotopic (exact) mass is 442 g/mol. The van der Waals surface area contributed by atoms with Gasteiger partial charge in [-0.25, -0.2) is 4.57 Å². The molecule has 8 nitrogen and oxygen atoms in total. The van der Waals surface area contributed by atoms with Gasteiger partial charge in [-0.2, -0.15) is 0 Å². The van der Waals surface area contributed by atoms with Crippen LogP contribution in [-0.4, -0.2) is 60.8 Å². The molecule has 15 heavy (non-hydrogen) atoms. The Morgan fingerprint density at radius 3 is 0.933 bits per heavy atom. The van der Waals surface area contributed by atoms with E-state index in [1.165, 1.54) is 0 Å². The topological polar surface area (TPSA) is 152 Å². The van der Waals surface area contributed by atoms with Crippen LogP contribution in [0.3, 0.4) is 0 Å². The first-order valence-electron chi connectivity index (χ1n) is 1.43. The van der Waals surface area contributed by atoms with Crippen molar-refractivity contribution in [3.05, 3.63) is 0 Å². The predicted molar refractivity (Wildman–Crippen MR) is 34.4 cm³/mol. The fraction of sp³-hybridized carbons (Fsp3) is 0. The summed E-state index contributed by atoms with van der Waals surface area (Å²) in [6.07, 6.45) is 0. The van der Waals surface area contributed by atoms with E-state index in [1.54, 1.807) is 0 Å². The summed E-state index contributed by atoms with van der Waals surface area (Å²) >= 11 is -5.12. The quantitative estimate of drug-likeness (QED) is 0.190. The molecule has 0 spiro atoms. The molecule has 0 aromatic heterocycles. The second kappa shape index (κ2) is 19.6. The summed E-state index contributed by atoms with van der Waals surface area (Å²) in [7, 11) is -4.64. The minimum absolute atomic E-state index is 0. The molecule has 0 atom stereocenters. The van der Waals surface area contributed by atoms with Crippen LogP contribution in [0.1, 0.15) is 0 Å². The number of phosphoric acid groups is 1. The molecule has 0 saturated carbocycles. The van der Waals surface area contributed by atoms with Gasteiger partial charge in [0.15, 0.2) is 0 Å². The molecular formula is H7CoLi2MnNiO8PZr. The SMILES string of the molecule is O=P(O)(O)O.[Co].[LiH].[LiH].[Ni].[O]=[Mn](=[O])([OH])[OH].[Zr]. The maximum absolute atomic E-state index is 8.88. The van der Waals surface area contributed by atoms with Crippen molar-refractivity contribution in [1.82, 2.24) is 0 Å². The second-order valence-electron chi connectivity index (χ2n) is 0.928. The van der Waals surface area contributed by atoms with Crippen molar-refractivity contribution >= 4 is 45.5 Å². The Bertz CT molecular complexity index is 211. The number of hydrogen-bond acceptors (Lipinski definition) is 3. The Kier molecular flexibility index (Phi) is 56.0. The molecule has 0 aromatic rings. The van der Waals surface area contributed by atoms with Crippen molar-refractivity contribution in [2.24, 2.45) is 0 Å².